The zero-order valence-electron chi connectivity index (χ0n) is 16.7. The number of aryl methyl sites for hydroxylation is 2. The summed E-state index contributed by atoms with van der Waals surface area (Å²) in [7, 11) is 0. The first-order chi connectivity index (χ1) is 13.4. The van der Waals surface area contributed by atoms with Gasteiger partial charge in [0.05, 0.1) is 0 Å². The fourth-order valence-electron chi connectivity index (χ4n) is 4.11. The number of nitrogens with zero attached hydrogens (tertiary/aromatic N) is 5. The first-order valence-corrected chi connectivity index (χ1v) is 10.4. The number of aromatic nitrogens is 3. The quantitative estimate of drug-likeness (QED) is 0.299. The number of anilines is 1. The number of aliphatic imine (C=N–C) groups is 1. The molecule has 0 saturated carbocycles. The molecule has 1 aromatic carbocycles. The van der Waals surface area contributed by atoms with Crippen molar-refractivity contribution >= 4 is 35.6 Å². The SMILES string of the molecule is CCNC(=NCCCc1nnc2n1CCCCC2)N1CCc2ccccc21.I. The van der Waals surface area contributed by atoms with Gasteiger partial charge in [0, 0.05) is 44.7 Å². The topological polar surface area (TPSA) is 58.3 Å². The van der Waals surface area contributed by atoms with Crippen LogP contribution in [0.25, 0.3) is 0 Å². The van der Waals surface area contributed by atoms with Crippen molar-refractivity contribution in [2.75, 3.05) is 24.5 Å². The maximum Gasteiger partial charge on any atom is 0.198 e. The minimum Gasteiger partial charge on any atom is -0.356 e. The van der Waals surface area contributed by atoms with Crippen LogP contribution in [0.3, 0.4) is 0 Å². The molecule has 0 fully saturated rings. The predicted molar refractivity (Wildman–Crippen MR) is 125 cm³/mol. The van der Waals surface area contributed by atoms with Crippen molar-refractivity contribution in [1.82, 2.24) is 20.1 Å². The van der Waals surface area contributed by atoms with Crippen molar-refractivity contribution in [3.8, 4) is 0 Å². The van der Waals surface area contributed by atoms with Crippen LogP contribution in [0.4, 0.5) is 5.69 Å². The summed E-state index contributed by atoms with van der Waals surface area (Å²) in [6, 6.07) is 8.64. The van der Waals surface area contributed by atoms with E-state index < -0.39 is 0 Å². The number of guanidine groups is 1. The number of fused-ring (bicyclic) bond motifs is 2. The number of halogens is 1. The molecule has 6 nitrogen and oxygen atoms in total. The Morgan fingerprint density at radius 2 is 2.00 bits per heavy atom. The van der Waals surface area contributed by atoms with E-state index in [2.05, 4.69) is 56.2 Å². The van der Waals surface area contributed by atoms with Crippen molar-refractivity contribution in [3.63, 3.8) is 0 Å². The Labute approximate surface area is 184 Å². The first-order valence-electron chi connectivity index (χ1n) is 10.4. The Morgan fingerprint density at radius 3 is 2.89 bits per heavy atom. The maximum atomic E-state index is 4.90. The van der Waals surface area contributed by atoms with Crippen LogP contribution in [0.15, 0.2) is 29.3 Å². The van der Waals surface area contributed by atoms with E-state index in [1.165, 1.54) is 36.3 Å². The Morgan fingerprint density at radius 1 is 1.11 bits per heavy atom. The van der Waals surface area contributed by atoms with Crippen LogP contribution in [0.5, 0.6) is 0 Å². The van der Waals surface area contributed by atoms with Crippen molar-refractivity contribution in [1.29, 1.82) is 0 Å². The number of nitrogens with one attached hydrogen (secondary N) is 1. The average molecular weight is 494 g/mol. The van der Waals surface area contributed by atoms with Crippen molar-refractivity contribution in [2.45, 2.75) is 58.4 Å². The molecule has 4 rings (SSSR count). The normalized spacial score (nSPS) is 16.2. The third-order valence-corrected chi connectivity index (χ3v) is 5.48. The van der Waals surface area contributed by atoms with E-state index in [4.69, 9.17) is 4.99 Å². The van der Waals surface area contributed by atoms with E-state index in [0.29, 0.717) is 0 Å². The molecule has 3 heterocycles. The summed E-state index contributed by atoms with van der Waals surface area (Å²) in [5.74, 6) is 3.31. The van der Waals surface area contributed by atoms with Gasteiger partial charge in [0.15, 0.2) is 5.96 Å². The van der Waals surface area contributed by atoms with Gasteiger partial charge < -0.3 is 14.8 Å². The van der Waals surface area contributed by atoms with Crippen LogP contribution in [0, 0.1) is 0 Å². The molecular weight excluding hydrogens is 463 g/mol. The standard InChI is InChI=1S/C21H30N6.HI/c1-2-22-21(26-16-13-17-9-5-6-10-18(17)26)23-14-8-12-20-25-24-19-11-4-3-7-15-27(19)20;/h5-6,9-10H,2-4,7-8,11-16H2,1H3,(H,22,23);1H. The summed E-state index contributed by atoms with van der Waals surface area (Å²) in [5, 5.41) is 12.3. The van der Waals surface area contributed by atoms with Crippen LogP contribution in [-0.2, 0) is 25.8 Å². The Bertz CT molecular complexity index is 800. The van der Waals surface area contributed by atoms with E-state index in [9.17, 15) is 0 Å². The molecule has 0 radical (unpaired) electrons. The second-order valence-corrected chi connectivity index (χ2v) is 7.36. The highest BCUT2D eigenvalue weighted by molar-refractivity contribution is 14.0. The summed E-state index contributed by atoms with van der Waals surface area (Å²) in [5.41, 5.74) is 2.70. The molecule has 28 heavy (non-hydrogen) atoms. The van der Waals surface area contributed by atoms with Gasteiger partial charge >= 0.3 is 0 Å². The summed E-state index contributed by atoms with van der Waals surface area (Å²) in [6.07, 6.45) is 7.91. The summed E-state index contributed by atoms with van der Waals surface area (Å²) < 4.78 is 2.35. The van der Waals surface area contributed by atoms with E-state index >= 15 is 0 Å². The maximum absolute atomic E-state index is 4.90. The van der Waals surface area contributed by atoms with Gasteiger partial charge in [-0.25, -0.2) is 0 Å². The fourth-order valence-corrected chi connectivity index (χ4v) is 4.11. The molecule has 0 saturated heterocycles. The highest BCUT2D eigenvalue weighted by Crippen LogP contribution is 2.27. The van der Waals surface area contributed by atoms with Gasteiger partial charge in [-0.3, -0.25) is 4.99 Å². The lowest BCUT2D eigenvalue weighted by molar-refractivity contribution is 0.597. The van der Waals surface area contributed by atoms with E-state index in [1.54, 1.807) is 0 Å². The lowest BCUT2D eigenvalue weighted by atomic mass is 10.2. The highest BCUT2D eigenvalue weighted by atomic mass is 127. The molecule has 0 atom stereocenters. The zero-order chi connectivity index (χ0) is 18.5. The van der Waals surface area contributed by atoms with E-state index in [-0.39, 0.29) is 24.0 Å². The number of para-hydroxylation sites is 1. The molecule has 1 aromatic heterocycles. The van der Waals surface area contributed by atoms with Gasteiger partial charge in [-0.2, -0.15) is 0 Å². The van der Waals surface area contributed by atoms with Gasteiger partial charge in [-0.1, -0.05) is 24.6 Å². The third kappa shape index (κ3) is 4.67. The molecule has 2 aliphatic heterocycles. The van der Waals surface area contributed by atoms with Crippen LogP contribution < -0.4 is 10.2 Å². The van der Waals surface area contributed by atoms with Gasteiger partial charge in [0.1, 0.15) is 11.6 Å². The molecular formula is C21H31IN6. The molecule has 0 spiro atoms. The molecule has 0 unspecified atom stereocenters. The largest absolute Gasteiger partial charge is 0.356 e. The van der Waals surface area contributed by atoms with Crippen molar-refractivity contribution < 1.29 is 0 Å². The third-order valence-electron chi connectivity index (χ3n) is 5.48. The summed E-state index contributed by atoms with van der Waals surface area (Å²) >= 11 is 0. The zero-order valence-corrected chi connectivity index (χ0v) is 19.1. The van der Waals surface area contributed by atoms with Crippen molar-refractivity contribution in [3.05, 3.63) is 41.5 Å². The van der Waals surface area contributed by atoms with Gasteiger partial charge in [-0.05, 0) is 44.2 Å². The number of benzene rings is 1. The Hall–Kier alpha value is -1.64. The van der Waals surface area contributed by atoms with Gasteiger partial charge in [-0.15, -0.1) is 34.2 Å². The molecule has 152 valence electrons. The smallest absolute Gasteiger partial charge is 0.198 e. The lowest BCUT2D eigenvalue weighted by Crippen LogP contribution is -2.40. The number of hydrogen-bond acceptors (Lipinski definition) is 3. The van der Waals surface area contributed by atoms with Crippen LogP contribution in [0.2, 0.25) is 0 Å². The lowest BCUT2D eigenvalue weighted by Gasteiger charge is -2.22. The number of hydrogen-bond donors (Lipinski definition) is 1. The predicted octanol–water partition coefficient (Wildman–Crippen LogP) is 3.58. The second kappa shape index (κ2) is 10.2. The van der Waals surface area contributed by atoms with Crippen molar-refractivity contribution in [2.24, 2.45) is 4.99 Å². The minimum absolute atomic E-state index is 0. The first kappa shape index (κ1) is 21.1. The molecule has 1 N–H and O–H groups in total. The van der Waals surface area contributed by atoms with Gasteiger partial charge in [0.2, 0.25) is 0 Å². The minimum atomic E-state index is 0. The molecule has 7 heteroatoms. The van der Waals surface area contributed by atoms with Crippen LogP contribution >= 0.6 is 24.0 Å². The van der Waals surface area contributed by atoms with Crippen LogP contribution in [0.1, 0.15) is 49.8 Å². The Balaban J connectivity index is 0.00000225. The monoisotopic (exact) mass is 494 g/mol. The van der Waals surface area contributed by atoms with E-state index in [0.717, 1.165) is 63.6 Å². The summed E-state index contributed by atoms with van der Waals surface area (Å²) in [6.45, 7) is 5.90. The second-order valence-electron chi connectivity index (χ2n) is 7.36. The molecule has 0 aliphatic carbocycles. The summed E-state index contributed by atoms with van der Waals surface area (Å²) in [4.78, 5) is 7.22. The molecule has 2 aromatic rings. The fraction of sp³-hybridized carbons (Fsp3) is 0.571. The Kier molecular flexibility index (Phi) is 7.70. The van der Waals surface area contributed by atoms with Crippen LogP contribution in [-0.4, -0.2) is 40.4 Å². The van der Waals surface area contributed by atoms with Gasteiger partial charge in [0.25, 0.3) is 0 Å². The highest BCUT2D eigenvalue weighted by Gasteiger charge is 2.22. The average Bonchev–Trinajstić information content (AvgIpc) is 3.21. The molecule has 0 amide bonds. The van der Waals surface area contributed by atoms with E-state index in [1.807, 2.05) is 0 Å². The molecule has 2 aliphatic rings. The number of rotatable bonds is 5. The molecule has 0 bridgehead atoms.